The molecule has 0 aromatic heterocycles. The Hall–Kier alpha value is -3.53. The number of hydrogen-bond acceptors (Lipinski definition) is 5. The van der Waals surface area contributed by atoms with Crippen LogP contribution in [0, 0.1) is 17.7 Å². The molecule has 1 saturated heterocycles. The summed E-state index contributed by atoms with van der Waals surface area (Å²) in [6.45, 7) is 0.456. The molecule has 0 radical (unpaired) electrons. The number of carbonyl (C=O) groups is 2. The first-order valence-corrected chi connectivity index (χ1v) is 8.91. The van der Waals surface area contributed by atoms with Crippen molar-refractivity contribution in [1.29, 1.82) is 0 Å². The van der Waals surface area contributed by atoms with Gasteiger partial charge in [0.25, 0.3) is 5.91 Å². The molecule has 1 aliphatic rings. The van der Waals surface area contributed by atoms with Crippen LogP contribution in [0.4, 0.5) is 4.39 Å². The molecule has 1 fully saturated rings. The van der Waals surface area contributed by atoms with Crippen molar-refractivity contribution < 1.29 is 28.2 Å². The van der Waals surface area contributed by atoms with Gasteiger partial charge < -0.3 is 19.1 Å². The van der Waals surface area contributed by atoms with Gasteiger partial charge in [-0.25, -0.2) is 9.18 Å². The third kappa shape index (κ3) is 4.16. The first-order valence-electron chi connectivity index (χ1n) is 8.91. The average Bonchev–Trinajstić information content (AvgIpc) is 2.70. The Kier molecular flexibility index (Phi) is 6.03. The van der Waals surface area contributed by atoms with E-state index in [9.17, 15) is 14.0 Å². The van der Waals surface area contributed by atoms with Gasteiger partial charge in [0.1, 0.15) is 11.9 Å². The second-order valence-electron chi connectivity index (χ2n) is 6.35. The lowest BCUT2D eigenvalue weighted by atomic mass is 10.00. The molecule has 0 bridgehead atoms. The first-order chi connectivity index (χ1) is 14.0. The molecule has 7 heteroatoms. The van der Waals surface area contributed by atoms with Crippen LogP contribution in [0.5, 0.6) is 11.5 Å². The number of ether oxygens (including phenoxy) is 3. The second kappa shape index (κ2) is 8.65. The number of halogens is 1. The van der Waals surface area contributed by atoms with Gasteiger partial charge in [0.15, 0.2) is 11.5 Å². The summed E-state index contributed by atoms with van der Waals surface area (Å²) in [5.41, 5.74) is 1.20. The molecule has 1 heterocycles. The summed E-state index contributed by atoms with van der Waals surface area (Å²) in [6.07, 6.45) is 0.554. The van der Waals surface area contributed by atoms with Gasteiger partial charge in [-0.15, -0.1) is 0 Å². The van der Waals surface area contributed by atoms with E-state index in [0.717, 1.165) is 0 Å². The molecule has 2 aromatic carbocycles. The fraction of sp³-hybridized carbons (Fsp3) is 0.273. The smallest absolute Gasteiger partial charge is 0.328 e. The lowest BCUT2D eigenvalue weighted by Crippen LogP contribution is -2.55. The number of rotatable bonds is 4. The molecule has 0 aliphatic carbocycles. The van der Waals surface area contributed by atoms with Crippen molar-refractivity contribution in [1.82, 2.24) is 4.90 Å². The van der Waals surface area contributed by atoms with Crippen LogP contribution in [0.15, 0.2) is 36.4 Å². The zero-order valence-corrected chi connectivity index (χ0v) is 16.3. The van der Waals surface area contributed by atoms with E-state index in [4.69, 9.17) is 14.2 Å². The van der Waals surface area contributed by atoms with Crippen LogP contribution in [0.25, 0.3) is 0 Å². The fourth-order valence-electron chi connectivity index (χ4n) is 3.06. The summed E-state index contributed by atoms with van der Waals surface area (Å²) in [4.78, 5) is 26.2. The molecule has 3 rings (SSSR count). The highest BCUT2D eigenvalue weighted by molar-refractivity contribution is 5.98. The lowest BCUT2D eigenvalue weighted by molar-refractivity contribution is -0.149. The van der Waals surface area contributed by atoms with Crippen LogP contribution in [0.1, 0.15) is 27.9 Å². The molecule has 2 aromatic rings. The molecule has 6 nitrogen and oxygen atoms in total. The van der Waals surface area contributed by atoms with Gasteiger partial charge >= 0.3 is 5.97 Å². The highest BCUT2D eigenvalue weighted by Gasteiger charge is 2.39. The van der Waals surface area contributed by atoms with Crippen LogP contribution in [-0.4, -0.2) is 50.7 Å². The van der Waals surface area contributed by atoms with Crippen LogP contribution in [0.3, 0.4) is 0 Å². The standard InChI is InChI=1S/C22H20FNO5/c1-27-19-13-16(21(25)24-10-9-18(24)22(26)29-3)12-15(20(19)28-2)8-7-14-5-4-6-17(23)11-14/h4-6,11-13,18H,9-10H2,1-3H3. The molecule has 1 amide bonds. The molecular formula is C22H20FNO5. The van der Waals surface area contributed by atoms with Crippen LogP contribution in [0.2, 0.25) is 0 Å². The van der Waals surface area contributed by atoms with Crippen LogP contribution >= 0.6 is 0 Å². The fourth-order valence-corrected chi connectivity index (χ4v) is 3.06. The Morgan fingerprint density at radius 2 is 1.90 bits per heavy atom. The van der Waals surface area contributed by atoms with Crippen LogP contribution in [-0.2, 0) is 9.53 Å². The number of likely N-dealkylation sites (tertiary alicyclic amines) is 1. The summed E-state index contributed by atoms with van der Waals surface area (Å²) < 4.78 is 28.9. The number of nitrogens with zero attached hydrogens (tertiary/aromatic N) is 1. The number of carbonyl (C=O) groups excluding carboxylic acids is 2. The Bertz CT molecular complexity index is 1010. The van der Waals surface area contributed by atoms with Crippen molar-refractivity contribution in [3.05, 3.63) is 58.9 Å². The summed E-state index contributed by atoms with van der Waals surface area (Å²) in [6, 6.07) is 8.40. The van der Waals surface area contributed by atoms with E-state index < -0.39 is 17.8 Å². The number of hydrogen-bond donors (Lipinski definition) is 0. The van der Waals surface area contributed by atoms with Gasteiger partial charge in [-0.2, -0.15) is 0 Å². The monoisotopic (exact) mass is 397 g/mol. The maximum atomic E-state index is 13.4. The SMILES string of the molecule is COC(=O)C1CCN1C(=O)c1cc(C#Cc2cccc(F)c2)c(OC)c(OC)c1. The third-order valence-corrected chi connectivity index (χ3v) is 4.65. The Morgan fingerprint density at radius 1 is 1.10 bits per heavy atom. The van der Waals surface area contributed by atoms with E-state index in [1.54, 1.807) is 24.3 Å². The van der Waals surface area contributed by atoms with Gasteiger partial charge in [-0.05, 0) is 36.8 Å². The van der Waals surface area contributed by atoms with Gasteiger partial charge in [0, 0.05) is 17.7 Å². The Labute approximate surface area is 168 Å². The van der Waals surface area contributed by atoms with E-state index in [1.165, 1.54) is 38.4 Å². The predicted molar refractivity (Wildman–Crippen MR) is 103 cm³/mol. The summed E-state index contributed by atoms with van der Waals surface area (Å²) >= 11 is 0. The first kappa shape index (κ1) is 20.2. The van der Waals surface area contributed by atoms with Crippen molar-refractivity contribution in [2.75, 3.05) is 27.9 Å². The molecule has 1 unspecified atom stereocenters. The molecule has 1 aliphatic heterocycles. The minimum atomic E-state index is -0.595. The van der Waals surface area contributed by atoms with E-state index in [2.05, 4.69) is 11.8 Å². The van der Waals surface area contributed by atoms with Gasteiger partial charge in [0.05, 0.1) is 26.9 Å². The quantitative estimate of drug-likeness (QED) is 0.586. The topological polar surface area (TPSA) is 65.1 Å². The van der Waals surface area contributed by atoms with Crippen molar-refractivity contribution in [3.63, 3.8) is 0 Å². The van der Waals surface area contributed by atoms with E-state index in [-0.39, 0.29) is 5.91 Å². The molecule has 1 atom stereocenters. The maximum Gasteiger partial charge on any atom is 0.328 e. The van der Waals surface area contributed by atoms with Gasteiger partial charge in [-0.1, -0.05) is 17.9 Å². The molecule has 0 N–H and O–H groups in total. The Balaban J connectivity index is 1.99. The number of esters is 1. The van der Waals surface area contributed by atoms with Gasteiger partial charge in [-0.3, -0.25) is 4.79 Å². The highest BCUT2D eigenvalue weighted by atomic mass is 19.1. The summed E-state index contributed by atoms with van der Waals surface area (Å²) in [5, 5.41) is 0. The summed E-state index contributed by atoms with van der Waals surface area (Å²) in [7, 11) is 4.21. The largest absolute Gasteiger partial charge is 0.493 e. The van der Waals surface area contributed by atoms with Crippen LogP contribution < -0.4 is 9.47 Å². The molecule has 29 heavy (non-hydrogen) atoms. The Morgan fingerprint density at radius 3 is 2.48 bits per heavy atom. The van der Waals surface area contributed by atoms with Crippen molar-refractivity contribution in [3.8, 4) is 23.3 Å². The molecule has 0 saturated carbocycles. The number of methoxy groups -OCH3 is 3. The van der Waals surface area contributed by atoms with E-state index in [0.29, 0.717) is 41.2 Å². The number of amides is 1. The molecule has 0 spiro atoms. The van der Waals surface area contributed by atoms with E-state index >= 15 is 0 Å². The molecule has 150 valence electrons. The second-order valence-corrected chi connectivity index (χ2v) is 6.35. The predicted octanol–water partition coefficient (Wildman–Crippen LogP) is 2.63. The van der Waals surface area contributed by atoms with Crippen molar-refractivity contribution in [2.24, 2.45) is 0 Å². The average molecular weight is 397 g/mol. The van der Waals surface area contributed by atoms with Crippen molar-refractivity contribution in [2.45, 2.75) is 12.5 Å². The van der Waals surface area contributed by atoms with Gasteiger partial charge in [0.2, 0.25) is 0 Å². The number of benzene rings is 2. The normalized spacial score (nSPS) is 14.9. The lowest BCUT2D eigenvalue weighted by Gasteiger charge is -2.38. The minimum Gasteiger partial charge on any atom is -0.493 e. The third-order valence-electron chi connectivity index (χ3n) is 4.65. The van der Waals surface area contributed by atoms with E-state index in [1.807, 2.05) is 0 Å². The van der Waals surface area contributed by atoms with Crippen molar-refractivity contribution >= 4 is 11.9 Å². The minimum absolute atomic E-state index is 0.305. The highest BCUT2D eigenvalue weighted by Crippen LogP contribution is 2.33. The molecular weight excluding hydrogens is 377 g/mol. The maximum absolute atomic E-state index is 13.4. The zero-order chi connectivity index (χ0) is 21.0. The zero-order valence-electron chi connectivity index (χ0n) is 16.3. The summed E-state index contributed by atoms with van der Waals surface area (Å²) in [5.74, 6) is 5.30.